The van der Waals surface area contributed by atoms with Crippen LogP contribution in [0.3, 0.4) is 0 Å². The van der Waals surface area contributed by atoms with Crippen LogP contribution in [0.4, 0.5) is 0 Å². The molecule has 0 spiro atoms. The summed E-state index contributed by atoms with van der Waals surface area (Å²) in [5.74, 6) is 0. The van der Waals surface area contributed by atoms with Gasteiger partial charge in [0.2, 0.25) is 0 Å². The maximum atomic E-state index is 12.5. The van der Waals surface area contributed by atoms with E-state index in [1.807, 2.05) is 31.3 Å². The summed E-state index contributed by atoms with van der Waals surface area (Å²) in [5.41, 5.74) is 1.08. The Kier molecular flexibility index (Phi) is 2.55. The molecule has 4 rings (SSSR count). The number of rotatable bonds is 1. The lowest BCUT2D eigenvalue weighted by atomic mass is 10.1. The van der Waals surface area contributed by atoms with Gasteiger partial charge in [0.25, 0.3) is 5.56 Å². The Bertz CT molecular complexity index is 977. The predicted octanol–water partition coefficient (Wildman–Crippen LogP) is 4.48. The first kappa shape index (κ1) is 11.9. The minimum absolute atomic E-state index is 0.0894. The molecule has 0 aliphatic carbocycles. The summed E-state index contributed by atoms with van der Waals surface area (Å²) < 4.78 is 2.58. The van der Waals surface area contributed by atoms with E-state index in [0.29, 0.717) is 0 Å². The lowest BCUT2D eigenvalue weighted by molar-refractivity contribution is 0.920. The Morgan fingerprint density at radius 2 is 1.85 bits per heavy atom. The normalized spacial score (nSPS) is 11.4. The van der Waals surface area contributed by atoms with Gasteiger partial charge in [0.15, 0.2) is 0 Å². The third kappa shape index (κ3) is 1.58. The monoisotopic (exact) mass is 297 g/mol. The van der Waals surface area contributed by atoms with Gasteiger partial charge in [-0.3, -0.25) is 4.79 Å². The quantitative estimate of drug-likeness (QED) is 0.507. The predicted molar refractivity (Wildman–Crippen MR) is 87.9 cm³/mol. The van der Waals surface area contributed by atoms with Gasteiger partial charge < -0.3 is 4.57 Å². The molecule has 3 heterocycles. The molecule has 0 fully saturated rings. The molecule has 4 aromatic rings. The van der Waals surface area contributed by atoms with Crippen molar-refractivity contribution in [3.05, 3.63) is 58.2 Å². The molecule has 0 bridgehead atoms. The van der Waals surface area contributed by atoms with E-state index in [9.17, 15) is 4.79 Å². The summed E-state index contributed by atoms with van der Waals surface area (Å²) in [6.45, 7) is 0. The van der Waals surface area contributed by atoms with Crippen molar-refractivity contribution in [3.63, 3.8) is 0 Å². The number of fused-ring (bicyclic) bond motifs is 3. The first-order chi connectivity index (χ1) is 9.75. The van der Waals surface area contributed by atoms with Crippen molar-refractivity contribution in [2.45, 2.75) is 0 Å². The fraction of sp³-hybridized carbons (Fsp3) is 0.0625. The largest absolute Gasteiger partial charge is 0.310 e. The number of para-hydroxylation sites is 1. The molecule has 0 aliphatic rings. The van der Waals surface area contributed by atoms with Gasteiger partial charge in [0.1, 0.15) is 4.70 Å². The SMILES string of the molecule is Cn1c(=O)c2sc(-c3cccs3)cc2c2ccccc21. The minimum Gasteiger partial charge on any atom is -0.310 e. The number of aryl methyl sites for hydroxylation is 1. The molecule has 98 valence electrons. The highest BCUT2D eigenvalue weighted by Gasteiger charge is 2.13. The van der Waals surface area contributed by atoms with E-state index >= 15 is 0 Å². The van der Waals surface area contributed by atoms with E-state index in [1.54, 1.807) is 27.2 Å². The van der Waals surface area contributed by atoms with Crippen LogP contribution in [0, 0.1) is 0 Å². The van der Waals surface area contributed by atoms with E-state index in [0.717, 1.165) is 21.0 Å². The maximum Gasteiger partial charge on any atom is 0.268 e. The Labute approximate surface area is 123 Å². The number of thiophene rings is 2. The van der Waals surface area contributed by atoms with Crippen molar-refractivity contribution in [3.8, 4) is 9.75 Å². The molecule has 20 heavy (non-hydrogen) atoms. The number of aromatic nitrogens is 1. The van der Waals surface area contributed by atoms with Crippen LogP contribution >= 0.6 is 22.7 Å². The van der Waals surface area contributed by atoms with Crippen molar-refractivity contribution in [1.29, 1.82) is 0 Å². The van der Waals surface area contributed by atoms with Gasteiger partial charge >= 0.3 is 0 Å². The molecule has 1 aromatic carbocycles. The summed E-state index contributed by atoms with van der Waals surface area (Å²) in [4.78, 5) is 14.9. The van der Waals surface area contributed by atoms with Crippen molar-refractivity contribution in [1.82, 2.24) is 4.57 Å². The minimum atomic E-state index is 0.0894. The summed E-state index contributed by atoms with van der Waals surface area (Å²) in [6, 6.07) is 14.4. The van der Waals surface area contributed by atoms with Crippen molar-refractivity contribution >= 4 is 43.7 Å². The van der Waals surface area contributed by atoms with Crippen LogP contribution in [-0.2, 0) is 7.05 Å². The van der Waals surface area contributed by atoms with Crippen LogP contribution < -0.4 is 5.56 Å². The lowest BCUT2D eigenvalue weighted by Gasteiger charge is -2.05. The molecular weight excluding hydrogens is 286 g/mol. The van der Waals surface area contributed by atoms with E-state index in [2.05, 4.69) is 23.6 Å². The van der Waals surface area contributed by atoms with E-state index in [-0.39, 0.29) is 5.56 Å². The molecule has 0 atom stereocenters. The van der Waals surface area contributed by atoms with E-state index in [4.69, 9.17) is 0 Å². The number of nitrogens with zero attached hydrogens (tertiary/aromatic N) is 1. The molecule has 0 aliphatic heterocycles. The van der Waals surface area contributed by atoms with Crippen LogP contribution in [0.15, 0.2) is 52.6 Å². The third-order valence-electron chi connectivity index (χ3n) is 3.55. The van der Waals surface area contributed by atoms with Crippen molar-refractivity contribution < 1.29 is 0 Å². The Morgan fingerprint density at radius 3 is 2.65 bits per heavy atom. The second-order valence-corrected chi connectivity index (χ2v) is 6.71. The average molecular weight is 297 g/mol. The summed E-state index contributed by atoms with van der Waals surface area (Å²) >= 11 is 3.30. The molecule has 0 amide bonds. The Hall–Kier alpha value is -1.91. The van der Waals surface area contributed by atoms with Gasteiger partial charge in [0.05, 0.1) is 5.52 Å². The highest BCUT2D eigenvalue weighted by atomic mass is 32.1. The van der Waals surface area contributed by atoms with E-state index in [1.165, 1.54) is 9.75 Å². The number of pyridine rings is 1. The summed E-state index contributed by atoms with van der Waals surface area (Å²) in [6.07, 6.45) is 0. The Balaban J connectivity index is 2.19. The third-order valence-corrected chi connectivity index (χ3v) is 5.74. The standard InChI is InChI=1S/C16H11NOS2/c1-17-12-6-3-2-5-10(12)11-9-14(13-7-4-8-19-13)20-15(11)16(17)18/h2-9H,1H3. The van der Waals surface area contributed by atoms with Gasteiger partial charge in [-0.05, 0) is 23.6 Å². The smallest absolute Gasteiger partial charge is 0.268 e. The highest BCUT2D eigenvalue weighted by molar-refractivity contribution is 7.25. The van der Waals surface area contributed by atoms with Crippen LogP contribution in [0.2, 0.25) is 0 Å². The lowest BCUT2D eigenvalue weighted by Crippen LogP contribution is -2.15. The molecule has 0 N–H and O–H groups in total. The molecular formula is C16H11NOS2. The van der Waals surface area contributed by atoms with Gasteiger partial charge in [-0.1, -0.05) is 24.3 Å². The van der Waals surface area contributed by atoms with Gasteiger partial charge in [-0.15, -0.1) is 22.7 Å². The molecule has 0 unspecified atom stereocenters. The molecule has 0 saturated carbocycles. The Morgan fingerprint density at radius 1 is 1.00 bits per heavy atom. The van der Waals surface area contributed by atoms with Gasteiger partial charge in [-0.2, -0.15) is 0 Å². The number of hydrogen-bond acceptors (Lipinski definition) is 3. The molecule has 3 aromatic heterocycles. The molecule has 4 heteroatoms. The maximum absolute atomic E-state index is 12.5. The first-order valence-electron chi connectivity index (χ1n) is 6.31. The highest BCUT2D eigenvalue weighted by Crippen LogP contribution is 2.37. The fourth-order valence-corrected chi connectivity index (χ4v) is 4.52. The van der Waals surface area contributed by atoms with Crippen LogP contribution in [-0.4, -0.2) is 4.57 Å². The van der Waals surface area contributed by atoms with Crippen LogP contribution in [0.25, 0.3) is 30.7 Å². The zero-order valence-electron chi connectivity index (χ0n) is 10.8. The van der Waals surface area contributed by atoms with Crippen LogP contribution in [0.5, 0.6) is 0 Å². The van der Waals surface area contributed by atoms with Crippen molar-refractivity contribution in [2.24, 2.45) is 7.05 Å². The topological polar surface area (TPSA) is 22.0 Å². The van der Waals surface area contributed by atoms with Gasteiger partial charge in [0, 0.05) is 27.6 Å². The zero-order valence-corrected chi connectivity index (χ0v) is 12.4. The second-order valence-electron chi connectivity index (χ2n) is 4.71. The summed E-state index contributed by atoms with van der Waals surface area (Å²) in [7, 11) is 1.84. The average Bonchev–Trinajstić information content (AvgIpc) is 3.13. The first-order valence-corrected chi connectivity index (χ1v) is 8.00. The fourth-order valence-electron chi connectivity index (χ4n) is 2.55. The molecule has 2 nitrogen and oxygen atoms in total. The second kappa shape index (κ2) is 4.30. The van der Waals surface area contributed by atoms with Crippen LogP contribution in [0.1, 0.15) is 0 Å². The van der Waals surface area contributed by atoms with Crippen molar-refractivity contribution in [2.75, 3.05) is 0 Å². The van der Waals surface area contributed by atoms with E-state index < -0.39 is 0 Å². The zero-order chi connectivity index (χ0) is 13.7. The van der Waals surface area contributed by atoms with Gasteiger partial charge in [-0.25, -0.2) is 0 Å². The summed E-state index contributed by atoms with van der Waals surface area (Å²) in [5, 5.41) is 4.27. The number of benzene rings is 1. The number of hydrogen-bond donors (Lipinski definition) is 0. The molecule has 0 radical (unpaired) electrons. The molecule has 0 saturated heterocycles.